The van der Waals surface area contributed by atoms with Crippen LogP contribution in [0.1, 0.15) is 39.0 Å². The summed E-state index contributed by atoms with van der Waals surface area (Å²) in [6.45, 7) is 6.38. The lowest BCUT2D eigenvalue weighted by molar-refractivity contribution is -0.137. The van der Waals surface area contributed by atoms with E-state index in [9.17, 15) is 4.79 Å². The SMILES string of the molecule is CCC1(C(=O)N(C)CC2CCN(C)CC2)CCCN1. The van der Waals surface area contributed by atoms with Gasteiger partial charge in [0, 0.05) is 13.6 Å². The molecule has 2 aliphatic rings. The highest BCUT2D eigenvalue weighted by Gasteiger charge is 2.41. The topological polar surface area (TPSA) is 35.6 Å². The molecule has 0 spiro atoms. The normalized spacial score (nSPS) is 29.6. The average Bonchev–Trinajstić information content (AvgIpc) is 2.90. The fourth-order valence-corrected chi connectivity index (χ4v) is 3.52. The zero-order chi connectivity index (χ0) is 13.9. The van der Waals surface area contributed by atoms with Gasteiger partial charge in [0.05, 0.1) is 5.54 Å². The Balaban J connectivity index is 1.88. The lowest BCUT2D eigenvalue weighted by Gasteiger charge is -2.36. The van der Waals surface area contributed by atoms with Crippen LogP contribution in [-0.2, 0) is 4.79 Å². The molecule has 2 saturated heterocycles. The van der Waals surface area contributed by atoms with E-state index in [0.717, 1.165) is 32.4 Å². The highest BCUT2D eigenvalue weighted by Crippen LogP contribution is 2.26. The second kappa shape index (κ2) is 6.23. The van der Waals surface area contributed by atoms with Crippen molar-refractivity contribution in [1.29, 1.82) is 0 Å². The number of rotatable bonds is 4. The Bertz CT molecular complexity index is 305. The molecule has 0 aromatic rings. The maximum absolute atomic E-state index is 12.7. The Morgan fingerprint density at radius 2 is 2.11 bits per heavy atom. The molecule has 2 aliphatic heterocycles. The quantitative estimate of drug-likeness (QED) is 0.834. The van der Waals surface area contributed by atoms with Crippen molar-refractivity contribution in [3.63, 3.8) is 0 Å². The molecule has 0 radical (unpaired) electrons. The molecule has 4 heteroatoms. The number of nitrogens with one attached hydrogen (secondary N) is 1. The molecular formula is C15H29N3O. The number of amides is 1. The van der Waals surface area contributed by atoms with Gasteiger partial charge in [-0.25, -0.2) is 0 Å². The Labute approximate surface area is 117 Å². The van der Waals surface area contributed by atoms with Gasteiger partial charge in [0.25, 0.3) is 0 Å². The first-order valence-corrected chi connectivity index (χ1v) is 7.76. The maximum atomic E-state index is 12.7. The maximum Gasteiger partial charge on any atom is 0.242 e. The largest absolute Gasteiger partial charge is 0.344 e. The van der Waals surface area contributed by atoms with Crippen LogP contribution in [-0.4, -0.2) is 61.5 Å². The van der Waals surface area contributed by atoms with Crippen LogP contribution in [0, 0.1) is 5.92 Å². The van der Waals surface area contributed by atoms with E-state index in [1.165, 1.54) is 25.9 Å². The van der Waals surface area contributed by atoms with Crippen LogP contribution in [0.5, 0.6) is 0 Å². The molecule has 1 N–H and O–H groups in total. The molecule has 2 rings (SSSR count). The fraction of sp³-hybridized carbons (Fsp3) is 0.933. The van der Waals surface area contributed by atoms with Crippen molar-refractivity contribution in [1.82, 2.24) is 15.1 Å². The molecule has 2 fully saturated rings. The molecule has 110 valence electrons. The Morgan fingerprint density at radius 1 is 1.42 bits per heavy atom. The summed E-state index contributed by atoms with van der Waals surface area (Å²) in [6, 6.07) is 0. The van der Waals surface area contributed by atoms with Crippen LogP contribution in [0.15, 0.2) is 0 Å². The fourth-order valence-electron chi connectivity index (χ4n) is 3.52. The molecule has 0 saturated carbocycles. The molecule has 19 heavy (non-hydrogen) atoms. The number of likely N-dealkylation sites (N-methyl/N-ethyl adjacent to an activating group) is 1. The van der Waals surface area contributed by atoms with Gasteiger partial charge in [-0.2, -0.15) is 0 Å². The molecule has 0 bridgehead atoms. The number of hydrogen-bond acceptors (Lipinski definition) is 3. The second-order valence-corrected chi connectivity index (χ2v) is 6.40. The Kier molecular flexibility index (Phi) is 4.85. The van der Waals surface area contributed by atoms with Crippen LogP contribution in [0.25, 0.3) is 0 Å². The van der Waals surface area contributed by atoms with E-state index in [1.54, 1.807) is 0 Å². The van der Waals surface area contributed by atoms with E-state index < -0.39 is 0 Å². The summed E-state index contributed by atoms with van der Waals surface area (Å²) in [6.07, 6.45) is 5.48. The predicted molar refractivity (Wildman–Crippen MR) is 78.1 cm³/mol. The minimum absolute atomic E-state index is 0.264. The van der Waals surface area contributed by atoms with Gasteiger partial charge in [0.15, 0.2) is 0 Å². The van der Waals surface area contributed by atoms with Crippen LogP contribution in [0.3, 0.4) is 0 Å². The van der Waals surface area contributed by atoms with Crippen LogP contribution in [0.4, 0.5) is 0 Å². The Hall–Kier alpha value is -0.610. The average molecular weight is 267 g/mol. The number of nitrogens with zero attached hydrogens (tertiary/aromatic N) is 2. The van der Waals surface area contributed by atoms with E-state index in [0.29, 0.717) is 11.8 Å². The van der Waals surface area contributed by atoms with Crippen molar-refractivity contribution in [3.05, 3.63) is 0 Å². The zero-order valence-electron chi connectivity index (χ0n) is 12.7. The van der Waals surface area contributed by atoms with Gasteiger partial charge in [-0.1, -0.05) is 6.92 Å². The summed E-state index contributed by atoms with van der Waals surface area (Å²) in [7, 11) is 4.16. The molecule has 2 heterocycles. The van der Waals surface area contributed by atoms with Crippen molar-refractivity contribution in [2.75, 3.05) is 40.3 Å². The molecule has 1 atom stereocenters. The number of piperidine rings is 1. The minimum atomic E-state index is -0.264. The van der Waals surface area contributed by atoms with Crippen molar-refractivity contribution >= 4 is 5.91 Å². The Morgan fingerprint density at radius 3 is 2.63 bits per heavy atom. The lowest BCUT2D eigenvalue weighted by atomic mass is 9.91. The van der Waals surface area contributed by atoms with Crippen LogP contribution >= 0.6 is 0 Å². The minimum Gasteiger partial charge on any atom is -0.344 e. The van der Waals surface area contributed by atoms with Crippen LogP contribution in [0.2, 0.25) is 0 Å². The van der Waals surface area contributed by atoms with E-state index in [2.05, 4.69) is 24.2 Å². The molecular weight excluding hydrogens is 238 g/mol. The van der Waals surface area contributed by atoms with Gasteiger partial charge in [0.1, 0.15) is 0 Å². The van der Waals surface area contributed by atoms with Gasteiger partial charge in [-0.15, -0.1) is 0 Å². The van der Waals surface area contributed by atoms with E-state index in [1.807, 2.05) is 11.9 Å². The van der Waals surface area contributed by atoms with Gasteiger partial charge in [0.2, 0.25) is 5.91 Å². The van der Waals surface area contributed by atoms with E-state index in [4.69, 9.17) is 0 Å². The smallest absolute Gasteiger partial charge is 0.242 e. The summed E-state index contributed by atoms with van der Waals surface area (Å²) < 4.78 is 0. The third kappa shape index (κ3) is 3.29. The molecule has 0 aliphatic carbocycles. The molecule has 1 amide bonds. The predicted octanol–water partition coefficient (Wildman–Crippen LogP) is 1.32. The van der Waals surface area contributed by atoms with E-state index >= 15 is 0 Å². The third-order valence-corrected chi connectivity index (χ3v) is 4.97. The standard InChI is InChI=1S/C15H29N3O/c1-4-15(8-5-9-16-15)14(19)18(3)12-13-6-10-17(2)11-7-13/h13,16H,4-12H2,1-3H3. The van der Waals surface area contributed by atoms with Crippen LogP contribution < -0.4 is 5.32 Å². The molecule has 0 aromatic carbocycles. The summed E-state index contributed by atoms with van der Waals surface area (Å²) in [5.41, 5.74) is -0.264. The number of carbonyl (C=O) groups is 1. The van der Waals surface area contributed by atoms with Gasteiger partial charge < -0.3 is 15.1 Å². The monoisotopic (exact) mass is 267 g/mol. The van der Waals surface area contributed by atoms with Crippen molar-refractivity contribution in [3.8, 4) is 0 Å². The summed E-state index contributed by atoms with van der Waals surface area (Å²) in [5, 5.41) is 3.45. The number of carbonyl (C=O) groups excluding carboxylic acids is 1. The first-order valence-electron chi connectivity index (χ1n) is 7.76. The highest BCUT2D eigenvalue weighted by atomic mass is 16.2. The molecule has 4 nitrogen and oxygen atoms in total. The molecule has 1 unspecified atom stereocenters. The number of hydrogen-bond donors (Lipinski definition) is 1. The number of likely N-dealkylation sites (tertiary alicyclic amines) is 1. The van der Waals surface area contributed by atoms with Gasteiger partial charge in [-0.3, -0.25) is 4.79 Å². The summed E-state index contributed by atoms with van der Waals surface area (Å²) in [5.74, 6) is 0.992. The van der Waals surface area contributed by atoms with Crippen molar-refractivity contribution in [2.24, 2.45) is 5.92 Å². The highest BCUT2D eigenvalue weighted by molar-refractivity contribution is 5.86. The summed E-state index contributed by atoms with van der Waals surface area (Å²) >= 11 is 0. The van der Waals surface area contributed by atoms with Crippen molar-refractivity contribution < 1.29 is 4.79 Å². The van der Waals surface area contributed by atoms with Gasteiger partial charge >= 0.3 is 0 Å². The first-order chi connectivity index (χ1) is 9.07. The third-order valence-electron chi connectivity index (χ3n) is 4.97. The zero-order valence-corrected chi connectivity index (χ0v) is 12.7. The lowest BCUT2D eigenvalue weighted by Crippen LogP contribution is -2.54. The first kappa shape index (κ1) is 14.8. The molecule has 0 aromatic heterocycles. The summed E-state index contributed by atoms with van der Waals surface area (Å²) in [4.78, 5) is 17.1. The van der Waals surface area contributed by atoms with Crippen molar-refractivity contribution in [2.45, 2.75) is 44.6 Å². The van der Waals surface area contributed by atoms with Gasteiger partial charge in [-0.05, 0) is 64.7 Å². The second-order valence-electron chi connectivity index (χ2n) is 6.40. The van der Waals surface area contributed by atoms with E-state index in [-0.39, 0.29) is 5.54 Å².